The van der Waals surface area contributed by atoms with Gasteiger partial charge < -0.3 is 14.7 Å². The lowest BCUT2D eigenvalue weighted by Crippen LogP contribution is -2.55. The molecule has 1 aliphatic heterocycles. The number of anilines is 1. The zero-order valence-electron chi connectivity index (χ0n) is 16.9. The minimum absolute atomic E-state index is 0.00948. The van der Waals surface area contributed by atoms with Crippen LogP contribution in [0.5, 0.6) is 0 Å². The quantitative estimate of drug-likeness (QED) is 0.474. The number of carbonyl (C=O) groups excluding carboxylic acids is 2. The minimum atomic E-state index is -2.02. The molecule has 0 radical (unpaired) electrons. The molecule has 3 aromatic rings. The first-order valence-electron chi connectivity index (χ1n) is 9.95. The van der Waals surface area contributed by atoms with Crippen molar-refractivity contribution in [1.29, 1.82) is 0 Å². The van der Waals surface area contributed by atoms with Crippen molar-refractivity contribution in [1.82, 2.24) is 0 Å². The van der Waals surface area contributed by atoms with Crippen LogP contribution < -0.4 is 4.90 Å². The molecular formula is C25H22ClNO4. The van der Waals surface area contributed by atoms with E-state index in [2.05, 4.69) is 0 Å². The van der Waals surface area contributed by atoms with Crippen molar-refractivity contribution in [2.45, 2.75) is 24.1 Å². The van der Waals surface area contributed by atoms with Gasteiger partial charge in [0.1, 0.15) is 6.04 Å². The van der Waals surface area contributed by atoms with E-state index in [0.717, 1.165) is 5.56 Å². The number of aliphatic hydroxyl groups is 1. The Labute approximate surface area is 185 Å². The highest BCUT2D eigenvalue weighted by molar-refractivity contribution is 6.30. The number of ketones is 1. The molecule has 31 heavy (non-hydrogen) atoms. The summed E-state index contributed by atoms with van der Waals surface area (Å²) in [7, 11) is 1.23. The van der Waals surface area contributed by atoms with Crippen molar-refractivity contribution in [2.75, 3.05) is 12.0 Å². The number of hydrogen-bond donors (Lipinski definition) is 1. The molecule has 0 spiro atoms. The Morgan fingerprint density at radius 2 is 1.55 bits per heavy atom. The highest BCUT2D eigenvalue weighted by Gasteiger charge is 2.59. The third-order valence-corrected chi connectivity index (χ3v) is 5.99. The van der Waals surface area contributed by atoms with Crippen molar-refractivity contribution in [3.8, 4) is 0 Å². The van der Waals surface area contributed by atoms with Crippen LogP contribution in [-0.2, 0) is 9.53 Å². The smallest absolute Gasteiger partial charge is 0.359 e. The van der Waals surface area contributed by atoms with E-state index in [9.17, 15) is 14.7 Å². The molecule has 1 saturated heterocycles. The normalized spacial score (nSPS) is 22.9. The average molecular weight is 436 g/mol. The Morgan fingerprint density at radius 3 is 2.13 bits per heavy atom. The fourth-order valence-corrected chi connectivity index (χ4v) is 4.45. The molecule has 3 atom stereocenters. The van der Waals surface area contributed by atoms with Crippen LogP contribution in [0.25, 0.3) is 0 Å². The molecule has 0 aromatic heterocycles. The summed E-state index contributed by atoms with van der Waals surface area (Å²) in [4.78, 5) is 28.0. The lowest BCUT2D eigenvalue weighted by Gasteiger charge is -2.36. The van der Waals surface area contributed by atoms with Gasteiger partial charge in [0, 0.05) is 28.6 Å². The van der Waals surface area contributed by atoms with Crippen LogP contribution in [0.1, 0.15) is 28.3 Å². The molecule has 3 aromatic carbocycles. The van der Waals surface area contributed by atoms with Gasteiger partial charge >= 0.3 is 5.97 Å². The molecule has 5 nitrogen and oxygen atoms in total. The van der Waals surface area contributed by atoms with Crippen molar-refractivity contribution in [2.24, 2.45) is 0 Å². The SMILES string of the molecule is COC(=O)[C@@]1(O)C[C@@H](c2ccccc2)[C@H](C(=O)c2ccccc2)N1c1ccc(Cl)cc1. The number of Topliss-reactive ketones (excluding diaryl/α,β-unsaturated/α-hetero) is 1. The summed E-state index contributed by atoms with van der Waals surface area (Å²) in [6.07, 6.45) is 0.00948. The van der Waals surface area contributed by atoms with E-state index < -0.39 is 23.7 Å². The molecule has 1 N–H and O–H groups in total. The summed E-state index contributed by atoms with van der Waals surface area (Å²) >= 11 is 6.06. The first kappa shape index (κ1) is 21.1. The lowest BCUT2D eigenvalue weighted by atomic mass is 9.86. The summed E-state index contributed by atoms with van der Waals surface area (Å²) in [6.45, 7) is 0. The molecule has 0 bridgehead atoms. The molecule has 4 rings (SSSR count). The van der Waals surface area contributed by atoms with Gasteiger partial charge in [-0.2, -0.15) is 0 Å². The second-order valence-electron chi connectivity index (χ2n) is 7.55. The number of benzene rings is 3. The molecule has 0 amide bonds. The number of halogens is 1. The van der Waals surface area contributed by atoms with E-state index in [1.165, 1.54) is 12.0 Å². The van der Waals surface area contributed by atoms with Gasteiger partial charge in [0.15, 0.2) is 5.78 Å². The average Bonchev–Trinajstić information content (AvgIpc) is 3.14. The number of carbonyl (C=O) groups is 2. The molecule has 1 fully saturated rings. The minimum Gasteiger partial charge on any atom is -0.465 e. The predicted octanol–water partition coefficient (Wildman–Crippen LogP) is 4.45. The van der Waals surface area contributed by atoms with E-state index >= 15 is 0 Å². The van der Waals surface area contributed by atoms with Crippen molar-refractivity contribution in [3.05, 3.63) is 101 Å². The van der Waals surface area contributed by atoms with Gasteiger partial charge in [-0.25, -0.2) is 4.79 Å². The molecule has 6 heteroatoms. The molecule has 0 unspecified atom stereocenters. The van der Waals surface area contributed by atoms with E-state index in [4.69, 9.17) is 16.3 Å². The van der Waals surface area contributed by atoms with Crippen LogP contribution in [0.2, 0.25) is 5.02 Å². The first-order valence-corrected chi connectivity index (χ1v) is 10.3. The van der Waals surface area contributed by atoms with Crippen LogP contribution in [0.3, 0.4) is 0 Å². The van der Waals surface area contributed by atoms with Crippen LogP contribution >= 0.6 is 11.6 Å². The number of nitrogens with zero attached hydrogens (tertiary/aromatic N) is 1. The fourth-order valence-electron chi connectivity index (χ4n) is 4.32. The zero-order chi connectivity index (χ0) is 22.0. The zero-order valence-corrected chi connectivity index (χ0v) is 17.7. The lowest BCUT2D eigenvalue weighted by molar-refractivity contribution is -0.161. The Kier molecular flexibility index (Phi) is 5.81. The first-order chi connectivity index (χ1) is 15.0. The third-order valence-electron chi connectivity index (χ3n) is 5.73. The Balaban J connectivity index is 1.91. The number of esters is 1. The van der Waals surface area contributed by atoms with E-state index in [0.29, 0.717) is 16.3 Å². The molecule has 0 aliphatic carbocycles. The molecule has 158 valence electrons. The fraction of sp³-hybridized carbons (Fsp3) is 0.200. The molecule has 0 saturated carbocycles. The van der Waals surface area contributed by atoms with Gasteiger partial charge in [0.25, 0.3) is 0 Å². The standard InChI is InChI=1S/C25H22ClNO4/c1-31-24(29)25(30)16-21(17-8-4-2-5-9-17)22(23(28)18-10-6-3-7-11-18)27(25)20-14-12-19(26)13-15-20/h2-15,21-22,30H,16H2,1H3/t21-,22+,25-/m0/s1. The van der Waals surface area contributed by atoms with E-state index in [-0.39, 0.29) is 12.2 Å². The summed E-state index contributed by atoms with van der Waals surface area (Å²) in [5, 5.41) is 12.1. The van der Waals surface area contributed by atoms with Gasteiger partial charge in [-0.15, -0.1) is 0 Å². The molecule has 1 heterocycles. The van der Waals surface area contributed by atoms with Gasteiger partial charge in [0.2, 0.25) is 5.72 Å². The van der Waals surface area contributed by atoms with Crippen LogP contribution in [0, 0.1) is 0 Å². The summed E-state index contributed by atoms with van der Waals surface area (Å²) in [5.41, 5.74) is -0.153. The highest BCUT2D eigenvalue weighted by Crippen LogP contribution is 2.47. The highest BCUT2D eigenvalue weighted by atomic mass is 35.5. The summed E-state index contributed by atoms with van der Waals surface area (Å²) in [6, 6.07) is 24.2. The number of ether oxygens (including phenoxy) is 1. The van der Waals surface area contributed by atoms with Crippen molar-refractivity contribution < 1.29 is 19.4 Å². The van der Waals surface area contributed by atoms with Crippen molar-refractivity contribution in [3.63, 3.8) is 0 Å². The second-order valence-corrected chi connectivity index (χ2v) is 7.99. The van der Waals surface area contributed by atoms with E-state index in [1.807, 2.05) is 36.4 Å². The Morgan fingerprint density at radius 1 is 0.968 bits per heavy atom. The maximum atomic E-state index is 13.7. The van der Waals surface area contributed by atoms with Crippen LogP contribution in [0.4, 0.5) is 5.69 Å². The largest absolute Gasteiger partial charge is 0.465 e. The molecule has 1 aliphatic rings. The van der Waals surface area contributed by atoms with Gasteiger partial charge in [-0.3, -0.25) is 4.79 Å². The van der Waals surface area contributed by atoms with Gasteiger partial charge in [0.05, 0.1) is 7.11 Å². The monoisotopic (exact) mass is 435 g/mol. The Bertz CT molecular complexity index is 1070. The predicted molar refractivity (Wildman–Crippen MR) is 119 cm³/mol. The summed E-state index contributed by atoms with van der Waals surface area (Å²) in [5.74, 6) is -1.44. The number of hydrogen-bond acceptors (Lipinski definition) is 5. The topological polar surface area (TPSA) is 66.8 Å². The van der Waals surface area contributed by atoms with E-state index in [1.54, 1.807) is 48.5 Å². The molecular weight excluding hydrogens is 414 g/mol. The maximum absolute atomic E-state index is 13.7. The number of rotatable bonds is 5. The van der Waals surface area contributed by atoms with Crippen LogP contribution in [-0.4, -0.2) is 35.7 Å². The van der Waals surface area contributed by atoms with Crippen LogP contribution in [0.15, 0.2) is 84.9 Å². The van der Waals surface area contributed by atoms with Gasteiger partial charge in [-0.05, 0) is 29.8 Å². The number of methoxy groups -OCH3 is 1. The third kappa shape index (κ3) is 3.82. The van der Waals surface area contributed by atoms with Crippen molar-refractivity contribution >= 4 is 29.0 Å². The maximum Gasteiger partial charge on any atom is 0.359 e. The second kappa shape index (κ2) is 8.53. The Hall–Kier alpha value is -3.15. The summed E-state index contributed by atoms with van der Waals surface area (Å²) < 4.78 is 4.96. The van der Waals surface area contributed by atoms with Gasteiger partial charge in [-0.1, -0.05) is 72.3 Å².